The van der Waals surface area contributed by atoms with Crippen molar-refractivity contribution in [2.24, 2.45) is 4.99 Å². The first kappa shape index (κ1) is 20.2. The summed E-state index contributed by atoms with van der Waals surface area (Å²) in [5, 5.41) is 14.9. The molecule has 0 fully saturated rings. The topological polar surface area (TPSA) is 78.8 Å². The SMILES string of the molecule is CCC1=NC=C(C(=O)Nc2csc(-c3ccc(CBr)cc3)c2C(=O)O)C=CC1. The molecule has 0 aliphatic carbocycles. The maximum atomic E-state index is 12.6. The molecule has 0 atom stereocenters. The Morgan fingerprint density at radius 2 is 2.04 bits per heavy atom. The molecule has 3 rings (SSSR count). The highest BCUT2D eigenvalue weighted by Gasteiger charge is 2.22. The molecule has 0 bridgehead atoms. The summed E-state index contributed by atoms with van der Waals surface area (Å²) >= 11 is 4.70. The number of nitrogens with zero attached hydrogens (tertiary/aromatic N) is 1. The maximum absolute atomic E-state index is 12.6. The number of allylic oxidation sites excluding steroid dienone is 1. The number of carboxylic acid groups (broad SMARTS) is 1. The lowest BCUT2D eigenvalue weighted by atomic mass is 10.1. The van der Waals surface area contributed by atoms with E-state index in [-0.39, 0.29) is 11.5 Å². The van der Waals surface area contributed by atoms with E-state index < -0.39 is 5.97 Å². The zero-order valence-electron chi connectivity index (χ0n) is 15.2. The fourth-order valence-electron chi connectivity index (χ4n) is 2.76. The Kier molecular flexibility index (Phi) is 6.59. The zero-order chi connectivity index (χ0) is 20.1. The van der Waals surface area contributed by atoms with Crippen molar-refractivity contribution in [2.75, 3.05) is 5.32 Å². The lowest BCUT2D eigenvalue weighted by molar-refractivity contribution is -0.112. The van der Waals surface area contributed by atoms with Gasteiger partial charge in [0.25, 0.3) is 5.91 Å². The van der Waals surface area contributed by atoms with Gasteiger partial charge in [0.2, 0.25) is 0 Å². The number of carboxylic acids is 1. The third-order valence-electron chi connectivity index (χ3n) is 4.33. The normalized spacial score (nSPS) is 13.5. The van der Waals surface area contributed by atoms with Crippen molar-refractivity contribution in [3.8, 4) is 10.4 Å². The van der Waals surface area contributed by atoms with Crippen LogP contribution >= 0.6 is 27.3 Å². The number of benzene rings is 1. The monoisotopic (exact) mass is 458 g/mol. The fourth-order valence-corrected chi connectivity index (χ4v) is 4.14. The molecule has 0 unspecified atom stereocenters. The number of aliphatic imine (C=N–C) groups is 1. The van der Waals surface area contributed by atoms with Crippen LogP contribution in [0, 0.1) is 0 Å². The summed E-state index contributed by atoms with van der Waals surface area (Å²) in [5.41, 5.74) is 3.69. The first-order valence-electron chi connectivity index (χ1n) is 8.77. The molecule has 1 amide bonds. The number of carbonyl (C=O) groups is 2. The standard InChI is InChI=1S/C21H19BrN2O3S/c1-2-16-5-3-4-15(11-23-16)20(25)24-17-12-28-19(18(17)21(26)27)14-8-6-13(10-22)7-9-14/h3-4,6-9,11-12H,2,5,10H2,1H3,(H,24,25)(H,26,27). The van der Waals surface area contributed by atoms with E-state index in [0.717, 1.165) is 28.6 Å². The Balaban J connectivity index is 1.89. The van der Waals surface area contributed by atoms with E-state index in [1.807, 2.05) is 37.3 Å². The second-order valence-electron chi connectivity index (χ2n) is 6.18. The van der Waals surface area contributed by atoms with E-state index in [1.165, 1.54) is 17.5 Å². The average molecular weight is 459 g/mol. The molecular weight excluding hydrogens is 440 g/mol. The minimum absolute atomic E-state index is 0.0980. The lowest BCUT2D eigenvalue weighted by Crippen LogP contribution is -2.15. The largest absolute Gasteiger partial charge is 0.478 e. The number of rotatable bonds is 6. The van der Waals surface area contributed by atoms with Crippen LogP contribution in [0.15, 0.2) is 58.6 Å². The second kappa shape index (κ2) is 9.12. The highest BCUT2D eigenvalue weighted by atomic mass is 79.9. The Morgan fingerprint density at radius 3 is 2.68 bits per heavy atom. The van der Waals surface area contributed by atoms with Gasteiger partial charge in [0.1, 0.15) is 5.56 Å². The first-order valence-corrected chi connectivity index (χ1v) is 10.8. The molecule has 1 aliphatic heterocycles. The van der Waals surface area contributed by atoms with Gasteiger partial charge < -0.3 is 10.4 Å². The van der Waals surface area contributed by atoms with E-state index in [4.69, 9.17) is 0 Å². The molecule has 2 N–H and O–H groups in total. The average Bonchev–Trinajstić information content (AvgIpc) is 2.96. The molecule has 0 saturated heterocycles. The summed E-state index contributed by atoms with van der Waals surface area (Å²) in [6, 6.07) is 7.66. The van der Waals surface area contributed by atoms with Crippen LogP contribution in [0.5, 0.6) is 0 Å². The van der Waals surface area contributed by atoms with Crippen LogP contribution < -0.4 is 5.32 Å². The Labute approximate surface area is 175 Å². The smallest absolute Gasteiger partial charge is 0.339 e. The predicted molar refractivity (Wildman–Crippen MR) is 118 cm³/mol. The molecule has 1 aromatic carbocycles. The molecule has 1 aliphatic rings. The van der Waals surface area contributed by atoms with Crippen molar-refractivity contribution in [1.82, 2.24) is 0 Å². The number of hydrogen-bond acceptors (Lipinski definition) is 4. The molecule has 2 heterocycles. The molecule has 2 aromatic rings. The number of thiophene rings is 1. The van der Waals surface area contributed by atoms with Gasteiger partial charge >= 0.3 is 5.97 Å². The van der Waals surface area contributed by atoms with Gasteiger partial charge in [0.15, 0.2) is 0 Å². The van der Waals surface area contributed by atoms with Crippen molar-refractivity contribution in [3.63, 3.8) is 0 Å². The summed E-state index contributed by atoms with van der Waals surface area (Å²) in [4.78, 5) is 29.5. The molecule has 28 heavy (non-hydrogen) atoms. The second-order valence-corrected chi connectivity index (χ2v) is 7.62. The highest BCUT2D eigenvalue weighted by Crippen LogP contribution is 2.36. The molecule has 5 nitrogen and oxygen atoms in total. The number of halogens is 1. The van der Waals surface area contributed by atoms with Gasteiger partial charge in [0, 0.05) is 29.0 Å². The highest BCUT2D eigenvalue weighted by molar-refractivity contribution is 9.08. The van der Waals surface area contributed by atoms with Gasteiger partial charge in [-0.1, -0.05) is 59.3 Å². The van der Waals surface area contributed by atoms with Crippen molar-refractivity contribution < 1.29 is 14.7 Å². The molecule has 0 spiro atoms. The number of amides is 1. The van der Waals surface area contributed by atoms with Crippen molar-refractivity contribution in [1.29, 1.82) is 0 Å². The summed E-state index contributed by atoms with van der Waals surface area (Å²) in [6.07, 6.45) is 6.67. The maximum Gasteiger partial charge on any atom is 0.339 e. The van der Waals surface area contributed by atoms with E-state index in [9.17, 15) is 14.7 Å². The Morgan fingerprint density at radius 1 is 1.29 bits per heavy atom. The number of hydrogen-bond donors (Lipinski definition) is 2. The van der Waals surface area contributed by atoms with E-state index in [1.54, 1.807) is 11.5 Å². The van der Waals surface area contributed by atoms with Gasteiger partial charge in [-0.25, -0.2) is 4.79 Å². The third-order valence-corrected chi connectivity index (χ3v) is 6.01. The molecule has 1 aromatic heterocycles. The van der Waals surface area contributed by atoms with Crippen LogP contribution in [0.3, 0.4) is 0 Å². The molecule has 144 valence electrons. The first-order chi connectivity index (χ1) is 13.5. The Bertz CT molecular complexity index is 988. The molecular formula is C21H19BrN2O3S. The number of carbonyl (C=O) groups excluding carboxylic acids is 1. The lowest BCUT2D eigenvalue weighted by Gasteiger charge is -2.07. The van der Waals surface area contributed by atoms with E-state index in [0.29, 0.717) is 22.6 Å². The summed E-state index contributed by atoms with van der Waals surface area (Å²) in [6.45, 7) is 2.02. The van der Waals surface area contributed by atoms with Gasteiger partial charge in [-0.15, -0.1) is 11.3 Å². The number of aromatic carboxylic acids is 1. The summed E-state index contributed by atoms with van der Waals surface area (Å²) in [7, 11) is 0. The molecule has 0 radical (unpaired) electrons. The van der Waals surface area contributed by atoms with Crippen molar-refractivity contribution in [3.05, 3.63) is 64.7 Å². The molecule has 7 heteroatoms. The van der Waals surface area contributed by atoms with Crippen LogP contribution in [0.2, 0.25) is 0 Å². The van der Waals surface area contributed by atoms with E-state index in [2.05, 4.69) is 26.2 Å². The predicted octanol–water partition coefficient (Wildman–Crippen LogP) is 5.64. The number of nitrogens with one attached hydrogen (secondary N) is 1. The van der Waals surface area contributed by atoms with Crippen LogP contribution in [0.4, 0.5) is 5.69 Å². The van der Waals surface area contributed by atoms with Gasteiger partial charge in [-0.2, -0.15) is 0 Å². The number of alkyl halides is 1. The van der Waals surface area contributed by atoms with Crippen molar-refractivity contribution >= 4 is 50.5 Å². The van der Waals surface area contributed by atoms with Crippen LogP contribution in [-0.2, 0) is 10.1 Å². The van der Waals surface area contributed by atoms with Gasteiger partial charge in [-0.3, -0.25) is 9.79 Å². The summed E-state index contributed by atoms with van der Waals surface area (Å²) < 4.78 is 0. The minimum atomic E-state index is -1.08. The Hall–Kier alpha value is -2.51. The van der Waals surface area contributed by atoms with E-state index >= 15 is 0 Å². The minimum Gasteiger partial charge on any atom is -0.478 e. The van der Waals surface area contributed by atoms with Crippen LogP contribution in [0.1, 0.15) is 35.7 Å². The van der Waals surface area contributed by atoms with Crippen LogP contribution in [0.25, 0.3) is 10.4 Å². The van der Waals surface area contributed by atoms with Crippen LogP contribution in [-0.4, -0.2) is 22.7 Å². The molecule has 0 saturated carbocycles. The quantitative estimate of drug-likeness (QED) is 0.549. The summed E-state index contributed by atoms with van der Waals surface area (Å²) in [5.74, 6) is -1.45. The van der Waals surface area contributed by atoms with Crippen molar-refractivity contribution in [2.45, 2.75) is 25.1 Å². The fraction of sp³-hybridized carbons (Fsp3) is 0.190. The van der Waals surface area contributed by atoms with Gasteiger partial charge in [-0.05, 0) is 17.5 Å². The number of anilines is 1. The van der Waals surface area contributed by atoms with Gasteiger partial charge in [0.05, 0.1) is 16.1 Å². The zero-order valence-corrected chi connectivity index (χ0v) is 17.6. The third kappa shape index (κ3) is 4.48.